The van der Waals surface area contributed by atoms with E-state index in [4.69, 9.17) is 9.47 Å². The van der Waals surface area contributed by atoms with Crippen molar-refractivity contribution in [2.75, 3.05) is 13.2 Å². The minimum atomic E-state index is -1.57. The van der Waals surface area contributed by atoms with Crippen LogP contribution in [0.15, 0.2) is 48.6 Å². The number of carbonyl (C=O) groups excluding carboxylic acids is 1. The third kappa shape index (κ3) is 32.8. The van der Waals surface area contributed by atoms with Crippen molar-refractivity contribution in [1.82, 2.24) is 5.32 Å². The monoisotopic (exact) mass is 876 g/mol. The molecule has 62 heavy (non-hydrogen) atoms. The molecule has 9 heteroatoms. The Labute approximate surface area is 380 Å². The Morgan fingerprint density at radius 3 is 1.50 bits per heavy atom. The molecule has 0 aromatic rings. The van der Waals surface area contributed by atoms with Gasteiger partial charge in [0.1, 0.15) is 24.4 Å². The maximum atomic E-state index is 12.9. The van der Waals surface area contributed by atoms with Crippen LogP contribution in [0, 0.1) is 0 Å². The van der Waals surface area contributed by atoms with Crippen molar-refractivity contribution >= 4 is 5.91 Å². The Morgan fingerprint density at radius 1 is 0.548 bits per heavy atom. The molecular formula is C53H97NO8. The van der Waals surface area contributed by atoms with E-state index < -0.39 is 49.5 Å². The van der Waals surface area contributed by atoms with E-state index in [2.05, 4.69) is 55.6 Å². The lowest BCUT2D eigenvalue weighted by Gasteiger charge is -2.40. The van der Waals surface area contributed by atoms with E-state index >= 15 is 0 Å². The fraction of sp³-hybridized carbons (Fsp3) is 0.830. The molecule has 1 aliphatic heterocycles. The molecule has 1 saturated heterocycles. The summed E-state index contributed by atoms with van der Waals surface area (Å²) in [6.45, 7) is 3.67. The summed E-state index contributed by atoms with van der Waals surface area (Å²) in [4.78, 5) is 12.9. The van der Waals surface area contributed by atoms with E-state index in [9.17, 15) is 30.3 Å². The highest BCUT2D eigenvalue weighted by Crippen LogP contribution is 2.23. The van der Waals surface area contributed by atoms with E-state index in [1.54, 1.807) is 6.08 Å². The summed E-state index contributed by atoms with van der Waals surface area (Å²) in [5.41, 5.74) is 0. The SMILES string of the molecule is CCCC/C=C/CC/C=C/C(O)C(COC1OC(CO)C(O)C(O)C1O)NC(=O)CCCCCCCCCCCCCCCCCCCCC/C=C\C/C=C\CCCCCCC. The molecule has 1 fully saturated rings. The maximum absolute atomic E-state index is 12.9. The number of aliphatic hydroxyl groups excluding tert-OH is 5. The average molecular weight is 876 g/mol. The first-order valence-corrected chi connectivity index (χ1v) is 25.9. The Bertz CT molecular complexity index is 1110. The molecule has 7 atom stereocenters. The summed E-state index contributed by atoms with van der Waals surface area (Å²) < 4.78 is 11.2. The molecule has 1 heterocycles. The third-order valence-electron chi connectivity index (χ3n) is 12.1. The lowest BCUT2D eigenvalue weighted by molar-refractivity contribution is -0.302. The van der Waals surface area contributed by atoms with Gasteiger partial charge in [0.2, 0.25) is 5.91 Å². The van der Waals surface area contributed by atoms with Gasteiger partial charge in [-0.3, -0.25) is 4.79 Å². The molecule has 1 rings (SSSR count). The van der Waals surface area contributed by atoms with Gasteiger partial charge in [-0.15, -0.1) is 0 Å². The van der Waals surface area contributed by atoms with Crippen LogP contribution in [0.3, 0.4) is 0 Å². The predicted octanol–water partition coefficient (Wildman–Crippen LogP) is 11.8. The highest BCUT2D eigenvalue weighted by Gasteiger charge is 2.44. The Kier molecular flexibility index (Phi) is 40.4. The molecule has 0 radical (unpaired) electrons. The first-order valence-electron chi connectivity index (χ1n) is 25.9. The number of hydrogen-bond donors (Lipinski definition) is 6. The molecule has 0 bridgehead atoms. The molecule has 0 spiro atoms. The largest absolute Gasteiger partial charge is 0.394 e. The second kappa shape index (κ2) is 43.1. The van der Waals surface area contributed by atoms with Crippen LogP contribution in [0.1, 0.15) is 226 Å². The molecule has 1 aliphatic rings. The topological polar surface area (TPSA) is 149 Å². The quantitative estimate of drug-likeness (QED) is 0.0262. The smallest absolute Gasteiger partial charge is 0.220 e. The van der Waals surface area contributed by atoms with Crippen LogP contribution in [-0.2, 0) is 14.3 Å². The summed E-state index contributed by atoms with van der Waals surface area (Å²) in [7, 11) is 0. The van der Waals surface area contributed by atoms with Crippen molar-refractivity contribution in [2.24, 2.45) is 0 Å². The number of aliphatic hydroxyl groups is 5. The number of amides is 1. The van der Waals surface area contributed by atoms with E-state index in [1.165, 1.54) is 154 Å². The van der Waals surface area contributed by atoms with E-state index in [0.717, 1.165) is 51.4 Å². The van der Waals surface area contributed by atoms with Crippen LogP contribution in [0.5, 0.6) is 0 Å². The maximum Gasteiger partial charge on any atom is 0.220 e. The van der Waals surface area contributed by atoms with E-state index in [1.807, 2.05) is 6.08 Å². The number of carbonyl (C=O) groups is 1. The van der Waals surface area contributed by atoms with Crippen molar-refractivity contribution in [2.45, 2.75) is 269 Å². The summed E-state index contributed by atoms with van der Waals surface area (Å²) in [6, 6.07) is -0.818. The molecule has 0 saturated carbocycles. The van der Waals surface area contributed by atoms with Crippen molar-refractivity contribution in [3.63, 3.8) is 0 Å². The van der Waals surface area contributed by atoms with Crippen LogP contribution in [0.25, 0.3) is 0 Å². The average Bonchev–Trinajstić information content (AvgIpc) is 3.27. The number of unbranched alkanes of at least 4 members (excludes halogenated alkanes) is 27. The zero-order valence-corrected chi connectivity index (χ0v) is 39.9. The van der Waals surface area contributed by atoms with Gasteiger partial charge in [-0.25, -0.2) is 0 Å². The van der Waals surface area contributed by atoms with Gasteiger partial charge in [0, 0.05) is 6.42 Å². The van der Waals surface area contributed by atoms with Crippen LogP contribution < -0.4 is 5.32 Å². The van der Waals surface area contributed by atoms with E-state index in [-0.39, 0.29) is 12.5 Å². The highest BCUT2D eigenvalue weighted by molar-refractivity contribution is 5.76. The van der Waals surface area contributed by atoms with E-state index in [0.29, 0.717) is 6.42 Å². The Balaban J connectivity index is 2.09. The highest BCUT2D eigenvalue weighted by atomic mass is 16.7. The number of ether oxygens (including phenoxy) is 2. The predicted molar refractivity (Wildman–Crippen MR) is 258 cm³/mol. The van der Waals surface area contributed by atoms with Gasteiger partial charge in [0.25, 0.3) is 0 Å². The number of hydrogen-bond acceptors (Lipinski definition) is 8. The molecule has 362 valence electrons. The first kappa shape index (κ1) is 58.2. The second-order valence-electron chi connectivity index (χ2n) is 18.0. The van der Waals surface area contributed by atoms with Gasteiger partial charge in [0.15, 0.2) is 6.29 Å². The van der Waals surface area contributed by atoms with Crippen molar-refractivity contribution in [1.29, 1.82) is 0 Å². The van der Waals surface area contributed by atoms with Gasteiger partial charge >= 0.3 is 0 Å². The van der Waals surface area contributed by atoms with Crippen LogP contribution in [0.4, 0.5) is 0 Å². The fourth-order valence-electron chi connectivity index (χ4n) is 7.95. The molecule has 1 amide bonds. The molecule has 7 unspecified atom stereocenters. The molecular weight excluding hydrogens is 779 g/mol. The van der Waals surface area contributed by atoms with Gasteiger partial charge < -0.3 is 40.3 Å². The molecule has 0 aromatic carbocycles. The summed E-state index contributed by atoms with van der Waals surface area (Å²) >= 11 is 0. The normalized spacial score (nSPS) is 20.7. The van der Waals surface area contributed by atoms with Gasteiger partial charge in [-0.05, 0) is 57.8 Å². The van der Waals surface area contributed by atoms with Gasteiger partial charge in [0.05, 0.1) is 25.4 Å². The second-order valence-corrected chi connectivity index (χ2v) is 18.0. The standard InChI is InChI=1S/C53H97NO8/c1-3-5-7-9-11-13-14-15-16-17-18-19-20-21-22-23-24-25-26-27-28-29-30-31-32-33-34-35-37-39-41-43-49(57)54-46(47(56)42-40-38-36-12-10-8-6-4-2)45-61-53-52(60)51(59)50(58)48(44-55)62-53/h10,12,14-15,17-18,40,42,46-48,50-53,55-56,58-60H,3-9,11,13,16,19-39,41,43-45H2,1-2H3,(H,54,57)/b12-10+,15-14-,18-17-,42-40+. The molecule has 6 N–H and O–H groups in total. The minimum Gasteiger partial charge on any atom is -0.394 e. The minimum absolute atomic E-state index is 0.189. The number of rotatable bonds is 43. The number of nitrogens with one attached hydrogen (secondary N) is 1. The first-order chi connectivity index (χ1) is 30.3. The summed E-state index contributed by atoms with van der Waals surface area (Å²) in [6.07, 6.45) is 49.3. The van der Waals surface area contributed by atoms with Crippen molar-refractivity contribution < 1.29 is 39.8 Å². The number of allylic oxidation sites excluding steroid dienone is 7. The summed E-state index contributed by atoms with van der Waals surface area (Å²) in [5, 5.41) is 54.0. The molecule has 0 aliphatic carbocycles. The van der Waals surface area contributed by atoms with Gasteiger partial charge in [-0.1, -0.05) is 210 Å². The van der Waals surface area contributed by atoms with Crippen LogP contribution >= 0.6 is 0 Å². The van der Waals surface area contributed by atoms with Crippen molar-refractivity contribution in [3.8, 4) is 0 Å². The fourth-order valence-corrected chi connectivity index (χ4v) is 7.95. The van der Waals surface area contributed by atoms with Crippen LogP contribution in [-0.4, -0.2) is 87.5 Å². The van der Waals surface area contributed by atoms with Gasteiger partial charge in [-0.2, -0.15) is 0 Å². The molecule has 0 aromatic heterocycles. The lowest BCUT2D eigenvalue weighted by Crippen LogP contribution is -2.60. The Morgan fingerprint density at radius 2 is 0.984 bits per heavy atom. The summed E-state index contributed by atoms with van der Waals surface area (Å²) in [5.74, 6) is -0.189. The third-order valence-corrected chi connectivity index (χ3v) is 12.1. The van der Waals surface area contributed by atoms with Crippen molar-refractivity contribution in [3.05, 3.63) is 48.6 Å². The lowest BCUT2D eigenvalue weighted by atomic mass is 9.99. The zero-order valence-electron chi connectivity index (χ0n) is 39.9. The zero-order chi connectivity index (χ0) is 45.1. The van der Waals surface area contributed by atoms with Crippen LogP contribution in [0.2, 0.25) is 0 Å². The molecule has 9 nitrogen and oxygen atoms in total. The Hall–Kier alpha value is -1.85.